The number of hydrogen-bond donors (Lipinski definition) is 2. The van der Waals surface area contributed by atoms with Gasteiger partial charge >= 0.3 is 5.97 Å². The van der Waals surface area contributed by atoms with E-state index in [-0.39, 0.29) is 11.4 Å². The highest BCUT2D eigenvalue weighted by atomic mass is 35.5. The zero-order valence-electron chi connectivity index (χ0n) is 9.64. The Bertz CT molecular complexity index is 579. The first kappa shape index (κ1) is 12.4. The average molecular weight is 263 g/mol. The van der Waals surface area contributed by atoms with Crippen LogP contribution >= 0.6 is 11.6 Å². The third-order valence-electron chi connectivity index (χ3n) is 2.50. The number of carboxylic acid groups (broad SMARTS) is 1. The molecule has 0 amide bonds. The van der Waals surface area contributed by atoms with E-state index in [0.717, 1.165) is 5.56 Å². The first-order chi connectivity index (χ1) is 8.59. The fraction of sp³-hybridized carbons (Fsp3) is 0.0769. The predicted octanol–water partition coefficient (Wildman–Crippen LogP) is 3.49. The highest BCUT2D eigenvalue weighted by Crippen LogP contribution is 2.29. The smallest absolute Gasteiger partial charge is 0.339 e. The van der Waals surface area contributed by atoms with E-state index in [0.29, 0.717) is 10.7 Å². The molecule has 0 aliphatic carbocycles. The number of benzene rings is 1. The number of halogens is 1. The van der Waals surface area contributed by atoms with Gasteiger partial charge in [0.15, 0.2) is 0 Å². The van der Waals surface area contributed by atoms with Crippen LogP contribution in [0.2, 0.25) is 5.02 Å². The molecule has 2 N–H and O–H groups in total. The summed E-state index contributed by atoms with van der Waals surface area (Å²) in [6.07, 6.45) is 1.53. The number of nitrogens with one attached hydrogen (secondary N) is 1. The van der Waals surface area contributed by atoms with Gasteiger partial charge in [-0.05, 0) is 30.7 Å². The molecule has 0 unspecified atom stereocenters. The maximum atomic E-state index is 11.1. The molecule has 2 rings (SSSR count). The summed E-state index contributed by atoms with van der Waals surface area (Å²) < 4.78 is 0. The Morgan fingerprint density at radius 3 is 2.78 bits per heavy atom. The van der Waals surface area contributed by atoms with Crippen molar-refractivity contribution in [2.75, 3.05) is 5.32 Å². The third kappa shape index (κ3) is 2.43. The Morgan fingerprint density at radius 1 is 1.33 bits per heavy atom. The first-order valence-electron chi connectivity index (χ1n) is 5.30. The van der Waals surface area contributed by atoms with Gasteiger partial charge in [-0.2, -0.15) is 0 Å². The van der Waals surface area contributed by atoms with Gasteiger partial charge in [0.1, 0.15) is 11.4 Å². The Balaban J connectivity index is 2.43. The zero-order valence-corrected chi connectivity index (χ0v) is 10.4. The summed E-state index contributed by atoms with van der Waals surface area (Å²) in [4.78, 5) is 15.1. The second-order valence-corrected chi connectivity index (χ2v) is 4.17. The van der Waals surface area contributed by atoms with Gasteiger partial charge in [0.25, 0.3) is 0 Å². The number of aromatic nitrogens is 1. The highest BCUT2D eigenvalue weighted by molar-refractivity contribution is 6.33. The molecule has 0 bridgehead atoms. The highest BCUT2D eigenvalue weighted by Gasteiger charge is 2.12. The molecular formula is C13H11ClN2O2. The second-order valence-electron chi connectivity index (χ2n) is 3.76. The quantitative estimate of drug-likeness (QED) is 0.889. The molecule has 0 atom stereocenters. The molecular weight excluding hydrogens is 252 g/mol. The standard InChI is InChI=1S/C13H11ClN2O2/c1-8-4-2-6-10(14)11(8)16-12-9(13(17)18)5-3-7-15-12/h2-7H,1H3,(H,15,16)(H,17,18). The number of carboxylic acids is 1. The van der Waals surface area contributed by atoms with Crippen LogP contribution in [0.3, 0.4) is 0 Å². The lowest BCUT2D eigenvalue weighted by atomic mass is 10.2. The van der Waals surface area contributed by atoms with E-state index in [1.54, 1.807) is 12.1 Å². The molecule has 4 nitrogen and oxygen atoms in total. The summed E-state index contributed by atoms with van der Waals surface area (Å²) in [5.41, 5.74) is 1.70. The Kier molecular flexibility index (Phi) is 3.48. The number of hydrogen-bond acceptors (Lipinski definition) is 3. The van der Waals surface area contributed by atoms with E-state index < -0.39 is 5.97 Å². The SMILES string of the molecule is Cc1cccc(Cl)c1Nc1ncccc1C(=O)O. The first-order valence-corrected chi connectivity index (χ1v) is 5.68. The molecule has 0 saturated carbocycles. The molecule has 92 valence electrons. The van der Waals surface area contributed by atoms with E-state index in [1.807, 2.05) is 19.1 Å². The number of aryl methyl sites for hydroxylation is 1. The van der Waals surface area contributed by atoms with Gasteiger partial charge in [0.2, 0.25) is 0 Å². The lowest BCUT2D eigenvalue weighted by molar-refractivity contribution is 0.0697. The fourth-order valence-electron chi connectivity index (χ4n) is 1.59. The normalized spacial score (nSPS) is 10.1. The molecule has 0 saturated heterocycles. The molecule has 1 heterocycles. The number of pyridine rings is 1. The van der Waals surface area contributed by atoms with Crippen LogP contribution in [0.15, 0.2) is 36.5 Å². The van der Waals surface area contributed by atoms with E-state index >= 15 is 0 Å². The molecule has 0 spiro atoms. The van der Waals surface area contributed by atoms with Crippen molar-refractivity contribution in [3.05, 3.63) is 52.7 Å². The van der Waals surface area contributed by atoms with Crippen molar-refractivity contribution in [1.29, 1.82) is 0 Å². The number of anilines is 2. The molecule has 1 aromatic carbocycles. The van der Waals surface area contributed by atoms with Gasteiger partial charge in [-0.15, -0.1) is 0 Å². The maximum absolute atomic E-state index is 11.1. The lowest BCUT2D eigenvalue weighted by Crippen LogP contribution is -2.05. The van der Waals surface area contributed by atoms with Crippen molar-refractivity contribution in [2.24, 2.45) is 0 Å². The van der Waals surface area contributed by atoms with Gasteiger partial charge in [0, 0.05) is 6.20 Å². The van der Waals surface area contributed by atoms with Gasteiger partial charge < -0.3 is 10.4 Å². The lowest BCUT2D eigenvalue weighted by Gasteiger charge is -2.12. The molecule has 1 aromatic heterocycles. The van der Waals surface area contributed by atoms with Crippen LogP contribution in [-0.2, 0) is 0 Å². The van der Waals surface area contributed by atoms with Gasteiger partial charge in [-0.25, -0.2) is 9.78 Å². The van der Waals surface area contributed by atoms with Crippen LogP contribution in [0.5, 0.6) is 0 Å². The van der Waals surface area contributed by atoms with E-state index in [4.69, 9.17) is 16.7 Å². The summed E-state index contributed by atoms with van der Waals surface area (Å²) in [5.74, 6) is -0.753. The molecule has 0 aliphatic rings. The summed E-state index contributed by atoms with van der Waals surface area (Å²) >= 11 is 6.07. The van der Waals surface area contributed by atoms with Crippen molar-refractivity contribution in [1.82, 2.24) is 4.98 Å². The summed E-state index contributed by atoms with van der Waals surface area (Å²) in [6, 6.07) is 8.52. The number of rotatable bonds is 3. The summed E-state index contributed by atoms with van der Waals surface area (Å²) in [7, 11) is 0. The zero-order chi connectivity index (χ0) is 13.1. The van der Waals surface area contributed by atoms with Crippen molar-refractivity contribution < 1.29 is 9.90 Å². The molecule has 5 heteroatoms. The Labute approximate surface area is 109 Å². The van der Waals surface area contributed by atoms with Crippen LogP contribution in [0.4, 0.5) is 11.5 Å². The summed E-state index contributed by atoms with van der Waals surface area (Å²) in [5, 5.41) is 12.6. The fourth-order valence-corrected chi connectivity index (χ4v) is 1.86. The van der Waals surface area contributed by atoms with E-state index in [2.05, 4.69) is 10.3 Å². The molecule has 2 aromatic rings. The minimum absolute atomic E-state index is 0.108. The van der Waals surface area contributed by atoms with Gasteiger partial charge in [-0.3, -0.25) is 0 Å². The predicted molar refractivity (Wildman–Crippen MR) is 70.7 cm³/mol. The van der Waals surface area contributed by atoms with Crippen molar-refractivity contribution in [2.45, 2.75) is 6.92 Å². The van der Waals surface area contributed by atoms with Crippen LogP contribution in [0, 0.1) is 6.92 Å². The van der Waals surface area contributed by atoms with Crippen LogP contribution in [0.1, 0.15) is 15.9 Å². The second kappa shape index (κ2) is 5.06. The Morgan fingerprint density at radius 2 is 2.11 bits per heavy atom. The molecule has 0 radical (unpaired) electrons. The Hall–Kier alpha value is -2.07. The van der Waals surface area contributed by atoms with E-state index in [9.17, 15) is 4.79 Å². The van der Waals surface area contributed by atoms with Crippen LogP contribution in [0.25, 0.3) is 0 Å². The molecule has 0 aliphatic heterocycles. The number of para-hydroxylation sites is 1. The number of aromatic carboxylic acids is 1. The monoisotopic (exact) mass is 262 g/mol. The third-order valence-corrected chi connectivity index (χ3v) is 2.82. The average Bonchev–Trinajstić information content (AvgIpc) is 2.34. The van der Waals surface area contributed by atoms with Crippen LogP contribution in [-0.4, -0.2) is 16.1 Å². The largest absolute Gasteiger partial charge is 0.478 e. The van der Waals surface area contributed by atoms with Crippen LogP contribution < -0.4 is 5.32 Å². The topological polar surface area (TPSA) is 62.2 Å². The van der Waals surface area contributed by atoms with Gasteiger partial charge in [0.05, 0.1) is 10.7 Å². The number of carbonyl (C=O) groups is 1. The summed E-state index contributed by atoms with van der Waals surface area (Å²) in [6.45, 7) is 1.89. The van der Waals surface area contributed by atoms with E-state index in [1.165, 1.54) is 12.3 Å². The minimum atomic E-state index is -1.03. The van der Waals surface area contributed by atoms with Crippen molar-refractivity contribution >= 4 is 29.1 Å². The number of nitrogens with zero attached hydrogens (tertiary/aromatic N) is 1. The molecule has 18 heavy (non-hydrogen) atoms. The minimum Gasteiger partial charge on any atom is -0.478 e. The van der Waals surface area contributed by atoms with Gasteiger partial charge in [-0.1, -0.05) is 23.7 Å². The molecule has 0 fully saturated rings. The van der Waals surface area contributed by atoms with Crippen molar-refractivity contribution in [3.8, 4) is 0 Å². The maximum Gasteiger partial charge on any atom is 0.339 e. The van der Waals surface area contributed by atoms with Crippen molar-refractivity contribution in [3.63, 3.8) is 0 Å².